The van der Waals surface area contributed by atoms with Crippen molar-refractivity contribution < 1.29 is 23.9 Å². The minimum Gasteiger partial charge on any atom is -0.493 e. The summed E-state index contributed by atoms with van der Waals surface area (Å²) in [5.74, 6) is 0.270. The average Bonchev–Trinajstić information content (AvgIpc) is 3.29. The number of fused-ring (bicyclic) bond motifs is 1. The summed E-state index contributed by atoms with van der Waals surface area (Å²) in [4.78, 5) is 17.2. The number of hydrogen-bond donors (Lipinski definition) is 2. The van der Waals surface area contributed by atoms with E-state index in [1.807, 2.05) is 11.4 Å². The zero-order valence-corrected chi connectivity index (χ0v) is 18.6. The number of rotatable bonds is 7. The number of methoxy groups -OCH3 is 2. The molecule has 0 aliphatic rings. The molecule has 0 fully saturated rings. The van der Waals surface area contributed by atoms with Crippen molar-refractivity contribution in [3.63, 3.8) is 0 Å². The van der Waals surface area contributed by atoms with Gasteiger partial charge in [0.2, 0.25) is 0 Å². The van der Waals surface area contributed by atoms with E-state index in [1.165, 1.54) is 31.6 Å². The van der Waals surface area contributed by atoms with Crippen molar-refractivity contribution in [2.24, 2.45) is 5.16 Å². The number of carbonyl (C=O) groups is 1. The van der Waals surface area contributed by atoms with Gasteiger partial charge in [-0.15, -0.1) is 11.3 Å². The lowest BCUT2D eigenvalue weighted by molar-refractivity contribution is 0.0958. The molecule has 1 amide bonds. The lowest BCUT2D eigenvalue weighted by atomic mass is 10.1. The molecular weight excluding hydrogens is 445 g/mol. The summed E-state index contributed by atoms with van der Waals surface area (Å²) in [5.41, 5.74) is 2.31. The minimum atomic E-state index is -0.382. The summed E-state index contributed by atoms with van der Waals surface area (Å²) in [6, 6.07) is 14.9. The predicted octanol–water partition coefficient (Wildman–Crippen LogP) is 4.73. The van der Waals surface area contributed by atoms with E-state index in [-0.39, 0.29) is 24.0 Å². The molecule has 33 heavy (non-hydrogen) atoms. The van der Waals surface area contributed by atoms with Gasteiger partial charge in [-0.1, -0.05) is 23.4 Å². The third-order valence-corrected chi connectivity index (χ3v) is 6.06. The Bertz CT molecular complexity index is 1350. The van der Waals surface area contributed by atoms with Crippen molar-refractivity contribution in [1.82, 2.24) is 10.3 Å². The molecule has 0 spiro atoms. The van der Waals surface area contributed by atoms with Crippen molar-refractivity contribution in [3.8, 4) is 22.8 Å². The number of thiophene rings is 1. The van der Waals surface area contributed by atoms with Gasteiger partial charge >= 0.3 is 0 Å². The molecule has 0 saturated carbocycles. The monoisotopic (exact) mass is 465 g/mol. The highest BCUT2D eigenvalue weighted by Gasteiger charge is 2.15. The van der Waals surface area contributed by atoms with Gasteiger partial charge in [-0.25, -0.2) is 9.37 Å². The molecule has 168 valence electrons. The van der Waals surface area contributed by atoms with E-state index in [0.717, 1.165) is 10.9 Å². The van der Waals surface area contributed by atoms with Crippen LogP contribution >= 0.6 is 11.3 Å². The Morgan fingerprint density at radius 3 is 2.67 bits per heavy atom. The first-order chi connectivity index (χ1) is 16.0. The van der Waals surface area contributed by atoms with Crippen LogP contribution in [0.2, 0.25) is 0 Å². The van der Waals surface area contributed by atoms with E-state index in [4.69, 9.17) is 9.47 Å². The molecule has 0 atom stereocenters. The molecule has 0 unspecified atom stereocenters. The Morgan fingerprint density at radius 1 is 1.12 bits per heavy atom. The number of amides is 1. The molecule has 4 rings (SSSR count). The number of nitrogens with zero attached hydrogens (tertiary/aromatic N) is 2. The second-order valence-electron chi connectivity index (χ2n) is 6.97. The van der Waals surface area contributed by atoms with Gasteiger partial charge in [0.05, 0.1) is 36.9 Å². The molecule has 2 N–H and O–H groups in total. The summed E-state index contributed by atoms with van der Waals surface area (Å²) >= 11 is 1.30. The van der Waals surface area contributed by atoms with Gasteiger partial charge in [-0.3, -0.25) is 4.79 Å². The van der Waals surface area contributed by atoms with Crippen molar-refractivity contribution in [1.29, 1.82) is 0 Å². The minimum absolute atomic E-state index is 0.0564. The van der Waals surface area contributed by atoms with Crippen LogP contribution in [-0.2, 0) is 0 Å². The van der Waals surface area contributed by atoms with E-state index in [9.17, 15) is 14.4 Å². The summed E-state index contributed by atoms with van der Waals surface area (Å²) in [5, 5.41) is 18.2. The number of aromatic nitrogens is 1. The first-order valence-electron chi connectivity index (χ1n) is 9.90. The number of hydrogen-bond acceptors (Lipinski definition) is 7. The van der Waals surface area contributed by atoms with Crippen LogP contribution in [0.15, 0.2) is 65.1 Å². The van der Waals surface area contributed by atoms with Gasteiger partial charge in [0.25, 0.3) is 5.91 Å². The molecule has 9 heteroatoms. The second kappa shape index (κ2) is 9.66. The van der Waals surface area contributed by atoms with E-state index < -0.39 is 0 Å². The lowest BCUT2D eigenvalue weighted by Crippen LogP contribution is -2.30. The molecule has 0 aliphatic carbocycles. The largest absolute Gasteiger partial charge is 0.493 e. The zero-order chi connectivity index (χ0) is 23.4. The van der Waals surface area contributed by atoms with Crippen LogP contribution in [0.1, 0.15) is 16.1 Å². The highest BCUT2D eigenvalue weighted by Crippen LogP contribution is 2.34. The highest BCUT2D eigenvalue weighted by molar-refractivity contribution is 7.17. The van der Waals surface area contributed by atoms with E-state index in [0.29, 0.717) is 33.2 Å². The van der Waals surface area contributed by atoms with Crippen molar-refractivity contribution in [2.45, 2.75) is 0 Å². The van der Waals surface area contributed by atoms with Crippen LogP contribution < -0.4 is 14.8 Å². The maximum atomic E-state index is 14.1. The van der Waals surface area contributed by atoms with E-state index in [1.54, 1.807) is 42.5 Å². The number of pyridine rings is 1. The predicted molar refractivity (Wildman–Crippen MR) is 125 cm³/mol. The number of nitrogens with one attached hydrogen (secondary N) is 1. The summed E-state index contributed by atoms with van der Waals surface area (Å²) in [6.45, 7) is -0.0564. The lowest BCUT2D eigenvalue weighted by Gasteiger charge is -2.11. The standard InChI is InChI=1S/C24H20FN3O4S/c1-31-21-10-9-14(11-22(21)32-2)24(29)26-12-20(28-30)19-8-4-7-18(27-19)16-13-33-23-15(16)5-3-6-17(23)25/h3-11,13,30H,12H2,1-2H3,(H,26,29)/b28-20-. The normalized spacial score (nSPS) is 11.4. The molecule has 0 saturated heterocycles. The van der Waals surface area contributed by atoms with Crippen molar-refractivity contribution in [3.05, 3.63) is 77.1 Å². The first-order valence-corrected chi connectivity index (χ1v) is 10.8. The average molecular weight is 466 g/mol. The first kappa shape index (κ1) is 22.2. The van der Waals surface area contributed by atoms with Crippen LogP contribution in [0.25, 0.3) is 21.3 Å². The Kier molecular flexibility index (Phi) is 6.50. The fourth-order valence-electron chi connectivity index (χ4n) is 3.39. The third kappa shape index (κ3) is 4.49. The number of halogens is 1. The number of benzene rings is 2. The van der Waals surface area contributed by atoms with Gasteiger partial charge in [0, 0.05) is 21.9 Å². The molecule has 2 aromatic heterocycles. The third-order valence-electron chi connectivity index (χ3n) is 5.06. The number of carbonyl (C=O) groups excluding carboxylic acids is 1. The molecule has 4 aromatic rings. The summed E-state index contributed by atoms with van der Waals surface area (Å²) in [6.07, 6.45) is 0. The van der Waals surface area contributed by atoms with Crippen molar-refractivity contribution in [2.75, 3.05) is 20.8 Å². The van der Waals surface area contributed by atoms with Gasteiger partial charge in [0.1, 0.15) is 11.5 Å². The summed E-state index contributed by atoms with van der Waals surface area (Å²) in [7, 11) is 3.00. The van der Waals surface area contributed by atoms with Crippen LogP contribution in [-0.4, -0.2) is 42.6 Å². The van der Waals surface area contributed by atoms with Gasteiger partial charge in [-0.2, -0.15) is 0 Å². The topological polar surface area (TPSA) is 93.0 Å². The molecule has 0 radical (unpaired) electrons. The fourth-order valence-corrected chi connectivity index (χ4v) is 4.36. The second-order valence-corrected chi connectivity index (χ2v) is 7.85. The molecule has 7 nitrogen and oxygen atoms in total. The van der Waals surface area contributed by atoms with Crippen LogP contribution in [0.3, 0.4) is 0 Å². The quantitative estimate of drug-likeness (QED) is 0.234. The van der Waals surface area contributed by atoms with Gasteiger partial charge < -0.3 is 20.0 Å². The van der Waals surface area contributed by atoms with Crippen LogP contribution in [0.5, 0.6) is 11.5 Å². The maximum absolute atomic E-state index is 14.1. The SMILES string of the molecule is COc1ccc(C(=O)NC/C(=N/O)c2cccc(-c3csc4c(F)cccc34)n2)cc1OC. The maximum Gasteiger partial charge on any atom is 0.251 e. The Labute approximate surface area is 193 Å². The summed E-state index contributed by atoms with van der Waals surface area (Å²) < 4.78 is 25.0. The van der Waals surface area contributed by atoms with Crippen LogP contribution in [0.4, 0.5) is 4.39 Å². The molecule has 2 heterocycles. The fraction of sp³-hybridized carbons (Fsp3) is 0.125. The molecule has 0 bridgehead atoms. The van der Waals surface area contributed by atoms with Gasteiger partial charge in [0.15, 0.2) is 11.5 Å². The number of ether oxygens (including phenoxy) is 2. The molecule has 0 aliphatic heterocycles. The molecular formula is C24H20FN3O4S. The Hall–Kier alpha value is -3.98. The molecule has 2 aromatic carbocycles. The number of oxime groups is 1. The zero-order valence-electron chi connectivity index (χ0n) is 17.8. The van der Waals surface area contributed by atoms with Crippen molar-refractivity contribution >= 4 is 33.0 Å². The Morgan fingerprint density at radius 2 is 1.91 bits per heavy atom. The Balaban J connectivity index is 1.54. The van der Waals surface area contributed by atoms with E-state index >= 15 is 0 Å². The smallest absolute Gasteiger partial charge is 0.251 e. The highest BCUT2D eigenvalue weighted by atomic mass is 32.1. The van der Waals surface area contributed by atoms with Crippen LogP contribution in [0, 0.1) is 5.82 Å². The van der Waals surface area contributed by atoms with E-state index in [2.05, 4.69) is 15.5 Å². The van der Waals surface area contributed by atoms with Gasteiger partial charge in [-0.05, 0) is 36.4 Å².